The molecular formula is C6H4Cl3NS. The van der Waals surface area contributed by atoms with E-state index >= 15 is 0 Å². The summed E-state index contributed by atoms with van der Waals surface area (Å²) in [5.41, 5.74) is 5.82. The van der Waals surface area contributed by atoms with Crippen LogP contribution >= 0.6 is 47.4 Å². The molecule has 0 heterocycles. The Balaban J connectivity index is 3.46. The maximum absolute atomic E-state index is 5.72. The first-order valence-electron chi connectivity index (χ1n) is 2.66. The second-order valence-corrected chi connectivity index (χ2v) is 3.53. The third kappa shape index (κ3) is 1.70. The molecule has 1 rings (SSSR count). The molecule has 0 aliphatic rings. The molecule has 0 atom stereocenters. The highest BCUT2D eigenvalue weighted by Crippen LogP contribution is 2.38. The highest BCUT2D eigenvalue weighted by atomic mass is 35.5. The lowest BCUT2D eigenvalue weighted by atomic mass is 10.3. The van der Waals surface area contributed by atoms with Gasteiger partial charge >= 0.3 is 0 Å². The Morgan fingerprint density at radius 2 is 1.73 bits per heavy atom. The summed E-state index contributed by atoms with van der Waals surface area (Å²) >= 11 is 21.1. The van der Waals surface area contributed by atoms with Crippen molar-refractivity contribution >= 4 is 53.1 Å². The van der Waals surface area contributed by atoms with Gasteiger partial charge in [-0.15, -0.1) is 12.6 Å². The molecule has 1 aromatic carbocycles. The van der Waals surface area contributed by atoms with Crippen LogP contribution in [0.4, 0.5) is 5.69 Å². The molecule has 0 unspecified atom stereocenters. The third-order valence-corrected chi connectivity index (χ3v) is 3.07. The predicted molar refractivity (Wildman–Crippen MR) is 53.1 cm³/mol. The number of halogens is 3. The number of nitrogens with two attached hydrogens (primary N) is 1. The van der Waals surface area contributed by atoms with Crippen LogP contribution in [0.2, 0.25) is 15.1 Å². The second-order valence-electron chi connectivity index (χ2n) is 1.92. The molecule has 0 aliphatic carbocycles. The second kappa shape index (κ2) is 3.31. The topological polar surface area (TPSA) is 26.0 Å². The summed E-state index contributed by atoms with van der Waals surface area (Å²) in [6, 6.07) is 1.51. The van der Waals surface area contributed by atoms with Gasteiger partial charge in [0.2, 0.25) is 0 Å². The van der Waals surface area contributed by atoms with Gasteiger partial charge in [0.05, 0.1) is 20.8 Å². The van der Waals surface area contributed by atoms with Crippen molar-refractivity contribution in [1.29, 1.82) is 0 Å². The Kier molecular flexibility index (Phi) is 2.81. The highest BCUT2D eigenvalue weighted by molar-refractivity contribution is 7.80. The lowest BCUT2D eigenvalue weighted by molar-refractivity contribution is 1.47. The zero-order chi connectivity index (χ0) is 8.59. The fraction of sp³-hybridized carbons (Fsp3) is 0. The summed E-state index contributed by atoms with van der Waals surface area (Å²) < 4.78 is 0. The number of anilines is 1. The zero-order valence-corrected chi connectivity index (χ0v) is 8.40. The van der Waals surface area contributed by atoms with E-state index in [1.165, 1.54) is 6.07 Å². The van der Waals surface area contributed by atoms with Crippen LogP contribution in [0.3, 0.4) is 0 Å². The van der Waals surface area contributed by atoms with Gasteiger partial charge < -0.3 is 5.73 Å². The summed E-state index contributed by atoms with van der Waals surface area (Å²) in [6.45, 7) is 0. The maximum Gasteiger partial charge on any atom is 0.0833 e. The molecule has 0 fully saturated rings. The van der Waals surface area contributed by atoms with Crippen molar-refractivity contribution in [3.63, 3.8) is 0 Å². The van der Waals surface area contributed by atoms with Gasteiger partial charge in [-0.05, 0) is 6.07 Å². The van der Waals surface area contributed by atoms with Gasteiger partial charge in [-0.1, -0.05) is 34.8 Å². The third-order valence-electron chi connectivity index (χ3n) is 1.16. The maximum atomic E-state index is 5.72. The molecule has 0 aliphatic heterocycles. The fourth-order valence-corrected chi connectivity index (χ4v) is 1.47. The van der Waals surface area contributed by atoms with Crippen molar-refractivity contribution in [3.05, 3.63) is 21.1 Å². The summed E-state index contributed by atoms with van der Waals surface area (Å²) in [6.07, 6.45) is 0. The van der Waals surface area contributed by atoms with E-state index in [4.69, 9.17) is 40.5 Å². The van der Waals surface area contributed by atoms with E-state index in [-0.39, 0.29) is 0 Å². The first-order chi connectivity index (χ1) is 5.04. The summed E-state index contributed by atoms with van der Waals surface area (Å²) in [5, 5.41) is 0.987. The molecular weight excluding hydrogens is 224 g/mol. The molecule has 0 radical (unpaired) electrons. The first kappa shape index (κ1) is 9.33. The van der Waals surface area contributed by atoms with E-state index in [2.05, 4.69) is 12.6 Å². The molecule has 0 saturated carbocycles. The summed E-state index contributed by atoms with van der Waals surface area (Å²) in [7, 11) is 0. The van der Waals surface area contributed by atoms with Crippen molar-refractivity contribution in [2.75, 3.05) is 5.73 Å². The van der Waals surface area contributed by atoms with Crippen molar-refractivity contribution < 1.29 is 0 Å². The average molecular weight is 229 g/mol. The van der Waals surface area contributed by atoms with E-state index in [0.29, 0.717) is 25.7 Å². The van der Waals surface area contributed by atoms with Crippen LogP contribution in [0.1, 0.15) is 0 Å². The summed E-state index contributed by atoms with van der Waals surface area (Å²) in [5.74, 6) is 0. The van der Waals surface area contributed by atoms with Gasteiger partial charge in [0.1, 0.15) is 0 Å². The number of thiol groups is 1. The van der Waals surface area contributed by atoms with Crippen LogP contribution in [0.5, 0.6) is 0 Å². The molecule has 60 valence electrons. The minimum atomic E-state index is 0.292. The zero-order valence-electron chi connectivity index (χ0n) is 5.24. The van der Waals surface area contributed by atoms with Crippen molar-refractivity contribution in [3.8, 4) is 0 Å². The fourth-order valence-electron chi connectivity index (χ4n) is 0.604. The van der Waals surface area contributed by atoms with Crippen molar-refractivity contribution in [2.45, 2.75) is 4.90 Å². The number of nitrogen functional groups attached to an aromatic ring is 1. The molecule has 1 nitrogen and oxygen atoms in total. The lowest BCUT2D eigenvalue weighted by Crippen LogP contribution is -1.87. The molecule has 0 aromatic heterocycles. The van der Waals surface area contributed by atoms with Gasteiger partial charge in [0.15, 0.2) is 0 Å². The number of hydrogen-bond donors (Lipinski definition) is 2. The van der Waals surface area contributed by atoms with E-state index < -0.39 is 0 Å². The van der Waals surface area contributed by atoms with Crippen molar-refractivity contribution in [1.82, 2.24) is 0 Å². The Morgan fingerprint density at radius 3 is 2.27 bits per heavy atom. The van der Waals surface area contributed by atoms with E-state index in [0.717, 1.165) is 0 Å². The minimum Gasteiger partial charge on any atom is -0.397 e. The monoisotopic (exact) mass is 227 g/mol. The SMILES string of the molecule is Nc1cc(Cl)c(S)c(Cl)c1Cl. The quantitative estimate of drug-likeness (QED) is 0.397. The molecule has 0 amide bonds. The molecule has 11 heavy (non-hydrogen) atoms. The van der Waals surface area contributed by atoms with Gasteiger partial charge in [-0.2, -0.15) is 0 Å². The highest BCUT2D eigenvalue weighted by Gasteiger charge is 2.09. The van der Waals surface area contributed by atoms with Crippen LogP contribution in [-0.2, 0) is 0 Å². The molecule has 0 spiro atoms. The smallest absolute Gasteiger partial charge is 0.0833 e. The molecule has 1 aromatic rings. The van der Waals surface area contributed by atoms with Crippen LogP contribution < -0.4 is 5.73 Å². The number of benzene rings is 1. The van der Waals surface area contributed by atoms with E-state index in [1.807, 2.05) is 0 Å². The van der Waals surface area contributed by atoms with Gasteiger partial charge in [-0.3, -0.25) is 0 Å². The Morgan fingerprint density at radius 1 is 1.18 bits per heavy atom. The average Bonchev–Trinajstić information content (AvgIpc) is 1.97. The standard InChI is InChI=1S/C6H4Cl3NS/c7-2-1-3(10)4(8)5(9)6(2)11/h1,11H,10H2. The minimum absolute atomic E-state index is 0.292. The van der Waals surface area contributed by atoms with Crippen LogP contribution in [0, 0.1) is 0 Å². The van der Waals surface area contributed by atoms with Gasteiger partial charge in [0.25, 0.3) is 0 Å². The first-order valence-corrected chi connectivity index (χ1v) is 4.24. The number of rotatable bonds is 0. The van der Waals surface area contributed by atoms with Crippen LogP contribution in [0.15, 0.2) is 11.0 Å². The molecule has 0 saturated heterocycles. The molecule has 5 heteroatoms. The van der Waals surface area contributed by atoms with E-state index in [1.54, 1.807) is 0 Å². The van der Waals surface area contributed by atoms with Crippen LogP contribution in [0.25, 0.3) is 0 Å². The van der Waals surface area contributed by atoms with Crippen LogP contribution in [-0.4, -0.2) is 0 Å². The van der Waals surface area contributed by atoms with Gasteiger partial charge in [0, 0.05) is 4.90 Å². The summed E-state index contributed by atoms with van der Waals surface area (Å²) in [4.78, 5) is 0.451. The normalized spacial score (nSPS) is 10.2. The Bertz CT molecular complexity index is 274. The van der Waals surface area contributed by atoms with Crippen molar-refractivity contribution in [2.24, 2.45) is 0 Å². The number of hydrogen-bond acceptors (Lipinski definition) is 2. The van der Waals surface area contributed by atoms with E-state index in [9.17, 15) is 0 Å². The lowest BCUT2D eigenvalue weighted by Gasteiger charge is -2.04. The largest absolute Gasteiger partial charge is 0.397 e. The molecule has 2 N–H and O–H groups in total. The Hall–Kier alpha value is 0.240. The molecule has 0 bridgehead atoms. The van der Waals surface area contributed by atoms with Gasteiger partial charge in [-0.25, -0.2) is 0 Å². The predicted octanol–water partition coefficient (Wildman–Crippen LogP) is 3.52. The Labute approximate surface area is 84.8 Å².